The molecule has 1 saturated heterocycles. The SMILES string of the molecule is O=C(NN1CCOC1=O)c1cc(OCCNS(=O)(=O)C(F)(F)F)c(F)cc1Cl. The first-order valence-electron chi connectivity index (χ1n) is 7.35. The predicted octanol–water partition coefficient (Wildman–Crippen LogP) is 1.39. The van der Waals surface area contributed by atoms with Gasteiger partial charge in [0.2, 0.25) is 0 Å². The number of sulfonamides is 1. The Morgan fingerprint density at radius 2 is 2.04 bits per heavy atom. The van der Waals surface area contributed by atoms with Crippen molar-refractivity contribution < 1.29 is 45.0 Å². The number of hydrazine groups is 1. The van der Waals surface area contributed by atoms with Crippen molar-refractivity contribution in [3.8, 4) is 5.75 Å². The van der Waals surface area contributed by atoms with E-state index in [2.05, 4.69) is 10.2 Å². The minimum atomic E-state index is -5.57. The maximum Gasteiger partial charge on any atom is 0.511 e. The van der Waals surface area contributed by atoms with Gasteiger partial charge in [0.05, 0.1) is 17.1 Å². The van der Waals surface area contributed by atoms with Gasteiger partial charge in [0.1, 0.15) is 13.2 Å². The Morgan fingerprint density at radius 3 is 2.61 bits per heavy atom. The van der Waals surface area contributed by atoms with Crippen molar-refractivity contribution in [1.29, 1.82) is 0 Å². The van der Waals surface area contributed by atoms with E-state index in [1.807, 2.05) is 0 Å². The highest BCUT2D eigenvalue weighted by Crippen LogP contribution is 2.26. The van der Waals surface area contributed by atoms with Crippen molar-refractivity contribution in [2.24, 2.45) is 0 Å². The molecule has 2 N–H and O–H groups in total. The van der Waals surface area contributed by atoms with Crippen LogP contribution in [0.2, 0.25) is 5.02 Å². The fourth-order valence-corrected chi connectivity index (χ4v) is 2.66. The summed E-state index contributed by atoms with van der Waals surface area (Å²) in [5.41, 5.74) is -3.62. The molecule has 1 aromatic rings. The predicted molar refractivity (Wildman–Crippen MR) is 85.4 cm³/mol. The van der Waals surface area contributed by atoms with Crippen LogP contribution in [-0.4, -0.2) is 57.2 Å². The fraction of sp³-hybridized carbons (Fsp3) is 0.385. The van der Waals surface area contributed by atoms with Gasteiger partial charge < -0.3 is 9.47 Å². The molecule has 156 valence electrons. The molecule has 2 amide bonds. The van der Waals surface area contributed by atoms with Crippen LogP contribution in [0.1, 0.15) is 10.4 Å². The van der Waals surface area contributed by atoms with E-state index in [1.165, 1.54) is 4.72 Å². The molecule has 0 saturated carbocycles. The molecule has 0 unspecified atom stereocenters. The highest BCUT2D eigenvalue weighted by atomic mass is 35.5. The van der Waals surface area contributed by atoms with Crippen LogP contribution in [0.15, 0.2) is 12.1 Å². The first-order chi connectivity index (χ1) is 12.9. The van der Waals surface area contributed by atoms with Crippen molar-refractivity contribution >= 4 is 33.6 Å². The molecule has 0 aliphatic carbocycles. The number of alkyl halides is 3. The number of carbonyl (C=O) groups excluding carboxylic acids is 2. The number of nitrogens with zero attached hydrogens (tertiary/aromatic N) is 1. The lowest BCUT2D eigenvalue weighted by Crippen LogP contribution is -2.42. The molecule has 1 aromatic carbocycles. The second-order valence-corrected chi connectivity index (χ2v) is 7.33. The van der Waals surface area contributed by atoms with E-state index in [1.54, 1.807) is 0 Å². The van der Waals surface area contributed by atoms with Crippen LogP contribution in [0, 0.1) is 5.82 Å². The molecule has 0 radical (unpaired) electrons. The maximum absolute atomic E-state index is 13.9. The quantitative estimate of drug-likeness (QED) is 0.480. The molecule has 0 spiro atoms. The van der Waals surface area contributed by atoms with Gasteiger partial charge >= 0.3 is 21.6 Å². The smallest absolute Gasteiger partial charge is 0.489 e. The zero-order chi connectivity index (χ0) is 21.1. The molecule has 0 atom stereocenters. The number of cyclic esters (lactones) is 1. The zero-order valence-corrected chi connectivity index (χ0v) is 15.3. The topological polar surface area (TPSA) is 114 Å². The monoisotopic (exact) mass is 449 g/mol. The largest absolute Gasteiger partial charge is 0.511 e. The van der Waals surface area contributed by atoms with Crippen molar-refractivity contribution in [2.75, 3.05) is 26.3 Å². The van der Waals surface area contributed by atoms with Crippen LogP contribution in [0.3, 0.4) is 0 Å². The van der Waals surface area contributed by atoms with Gasteiger partial charge in [-0.3, -0.25) is 10.2 Å². The van der Waals surface area contributed by atoms with E-state index < -0.39 is 52.3 Å². The Balaban J connectivity index is 2.02. The highest BCUT2D eigenvalue weighted by molar-refractivity contribution is 7.90. The minimum absolute atomic E-state index is 0.0540. The number of rotatable bonds is 7. The number of halogens is 5. The van der Waals surface area contributed by atoms with E-state index in [0.717, 1.165) is 11.1 Å². The van der Waals surface area contributed by atoms with Gasteiger partial charge in [-0.1, -0.05) is 11.6 Å². The van der Waals surface area contributed by atoms with Gasteiger partial charge in [-0.05, 0) is 12.1 Å². The van der Waals surface area contributed by atoms with E-state index in [-0.39, 0.29) is 23.7 Å². The summed E-state index contributed by atoms with van der Waals surface area (Å²) < 4.78 is 82.8. The second kappa shape index (κ2) is 8.36. The summed E-state index contributed by atoms with van der Waals surface area (Å²) in [5.74, 6) is -2.50. The second-order valence-electron chi connectivity index (χ2n) is 5.16. The Bertz CT molecular complexity index is 880. The summed E-state index contributed by atoms with van der Waals surface area (Å²) in [6.07, 6.45) is -0.806. The molecule has 1 heterocycles. The van der Waals surface area contributed by atoms with Crippen molar-refractivity contribution in [1.82, 2.24) is 15.2 Å². The normalized spacial score (nSPS) is 14.8. The lowest BCUT2D eigenvalue weighted by atomic mass is 10.2. The Kier molecular flexibility index (Phi) is 6.56. The van der Waals surface area contributed by atoms with Gasteiger partial charge in [-0.25, -0.2) is 27.3 Å². The molecule has 1 aliphatic rings. The van der Waals surface area contributed by atoms with Crippen LogP contribution in [0.5, 0.6) is 5.75 Å². The number of benzene rings is 1. The van der Waals surface area contributed by atoms with Crippen molar-refractivity contribution in [3.05, 3.63) is 28.5 Å². The Labute approximate surface area is 160 Å². The van der Waals surface area contributed by atoms with Gasteiger partial charge in [0.15, 0.2) is 11.6 Å². The van der Waals surface area contributed by atoms with E-state index in [0.29, 0.717) is 6.07 Å². The average Bonchev–Trinajstić information content (AvgIpc) is 2.96. The van der Waals surface area contributed by atoms with E-state index >= 15 is 0 Å². The third kappa shape index (κ3) is 5.14. The molecule has 15 heteroatoms. The number of amides is 2. The Hall–Kier alpha value is -2.32. The van der Waals surface area contributed by atoms with Crippen LogP contribution in [0.25, 0.3) is 0 Å². The minimum Gasteiger partial charge on any atom is -0.489 e. The molecule has 1 aliphatic heterocycles. The summed E-state index contributed by atoms with van der Waals surface area (Å²) in [6, 6.07) is 1.57. The van der Waals surface area contributed by atoms with Gasteiger partial charge in [-0.15, -0.1) is 0 Å². The first-order valence-corrected chi connectivity index (χ1v) is 9.21. The number of hydrogen-bond donors (Lipinski definition) is 2. The highest BCUT2D eigenvalue weighted by Gasteiger charge is 2.45. The third-order valence-electron chi connectivity index (χ3n) is 3.22. The lowest BCUT2D eigenvalue weighted by Gasteiger charge is -2.16. The first kappa shape index (κ1) is 22.0. The van der Waals surface area contributed by atoms with Crippen LogP contribution < -0.4 is 14.9 Å². The van der Waals surface area contributed by atoms with Gasteiger partial charge in [0.25, 0.3) is 5.91 Å². The zero-order valence-electron chi connectivity index (χ0n) is 13.7. The van der Waals surface area contributed by atoms with Crippen molar-refractivity contribution in [3.63, 3.8) is 0 Å². The number of nitrogens with one attached hydrogen (secondary N) is 2. The van der Waals surface area contributed by atoms with Gasteiger partial charge in [-0.2, -0.15) is 13.2 Å². The van der Waals surface area contributed by atoms with Gasteiger partial charge in [0, 0.05) is 6.54 Å². The summed E-state index contributed by atoms with van der Waals surface area (Å²) in [4.78, 5) is 23.5. The average molecular weight is 450 g/mol. The molecule has 9 nitrogen and oxygen atoms in total. The Morgan fingerprint density at radius 1 is 1.36 bits per heavy atom. The molecular formula is C13H12ClF4N3O6S. The summed E-state index contributed by atoms with van der Waals surface area (Å²) >= 11 is 5.78. The summed E-state index contributed by atoms with van der Waals surface area (Å²) in [7, 11) is -5.57. The molecule has 0 aromatic heterocycles. The van der Waals surface area contributed by atoms with Crippen LogP contribution in [0.4, 0.5) is 22.4 Å². The molecule has 1 fully saturated rings. The third-order valence-corrected chi connectivity index (χ3v) is 4.73. The number of ether oxygens (including phenoxy) is 2. The molecule has 0 bridgehead atoms. The lowest BCUT2D eigenvalue weighted by molar-refractivity contribution is -0.0448. The fourth-order valence-electron chi connectivity index (χ4n) is 1.91. The van der Waals surface area contributed by atoms with Crippen LogP contribution >= 0.6 is 11.6 Å². The molecular weight excluding hydrogens is 438 g/mol. The van der Waals surface area contributed by atoms with Crippen LogP contribution in [-0.2, 0) is 14.8 Å². The number of carbonyl (C=O) groups is 2. The summed E-state index contributed by atoms with van der Waals surface area (Å²) in [5, 5.41) is 0.529. The summed E-state index contributed by atoms with van der Waals surface area (Å²) in [6.45, 7) is -1.36. The molecule has 2 rings (SSSR count). The van der Waals surface area contributed by atoms with Crippen molar-refractivity contribution in [2.45, 2.75) is 5.51 Å². The van der Waals surface area contributed by atoms with E-state index in [4.69, 9.17) is 16.3 Å². The maximum atomic E-state index is 13.9. The molecule has 28 heavy (non-hydrogen) atoms. The standard InChI is InChI=1S/C13H12ClF4N3O6S/c14-8-6-9(15)10(26-3-1-19-28(24,25)13(16,17)18)5-7(8)11(22)20-21-2-4-27-12(21)23/h5-6,19H,1-4H2,(H,20,22). The van der Waals surface area contributed by atoms with E-state index in [9.17, 15) is 35.6 Å². The number of hydrogen-bond acceptors (Lipinski definition) is 6.